The number of phenolic OH excluding ortho intramolecular Hbond substituents is 1. The van der Waals surface area contributed by atoms with Gasteiger partial charge < -0.3 is 5.11 Å². The van der Waals surface area contributed by atoms with Crippen molar-refractivity contribution in [3.05, 3.63) is 83.9 Å². The summed E-state index contributed by atoms with van der Waals surface area (Å²) in [6.45, 7) is 6.23. The lowest BCUT2D eigenvalue weighted by Gasteiger charge is -2.12. The second-order valence-electron chi connectivity index (χ2n) is 5.03. The molecule has 0 unspecified atom stereocenters. The average Bonchev–Trinajstić information content (AvgIpc) is 2.47. The number of rotatable bonds is 2. The van der Waals surface area contributed by atoms with E-state index >= 15 is 0 Å². The molecule has 0 heterocycles. The van der Waals surface area contributed by atoms with Crippen molar-refractivity contribution >= 4 is 16.3 Å². The zero-order chi connectivity index (χ0) is 14.1. The molecule has 0 aromatic heterocycles. The van der Waals surface area contributed by atoms with Gasteiger partial charge in [0.1, 0.15) is 5.75 Å². The molecule has 0 radical (unpaired) electrons. The highest BCUT2D eigenvalue weighted by atomic mass is 16.3. The topological polar surface area (TPSA) is 20.2 Å². The number of hydrogen-bond acceptors (Lipinski definition) is 1. The molecule has 0 amide bonds. The Kier molecular flexibility index (Phi) is 3.03. The first-order chi connectivity index (χ1) is 9.66. The smallest absolute Gasteiger partial charge is 0.124 e. The van der Waals surface area contributed by atoms with E-state index in [-0.39, 0.29) is 5.75 Å². The van der Waals surface area contributed by atoms with Crippen LogP contribution in [0.1, 0.15) is 16.7 Å². The van der Waals surface area contributed by atoms with Crippen LogP contribution in [0.2, 0.25) is 0 Å². The van der Waals surface area contributed by atoms with E-state index in [1.807, 2.05) is 42.5 Å². The molecule has 0 bridgehead atoms. The molecule has 1 nitrogen and oxygen atoms in total. The van der Waals surface area contributed by atoms with Crippen LogP contribution in [0.25, 0.3) is 16.3 Å². The summed E-state index contributed by atoms with van der Waals surface area (Å²) in [4.78, 5) is 0. The Morgan fingerprint density at radius 1 is 0.900 bits per heavy atom. The van der Waals surface area contributed by atoms with Crippen LogP contribution in [0, 0.1) is 6.92 Å². The van der Waals surface area contributed by atoms with E-state index in [0.29, 0.717) is 0 Å². The molecule has 0 aliphatic carbocycles. The molecule has 0 atom stereocenters. The van der Waals surface area contributed by atoms with Crippen LogP contribution in [-0.2, 0) is 0 Å². The van der Waals surface area contributed by atoms with Gasteiger partial charge in [0, 0.05) is 5.56 Å². The van der Waals surface area contributed by atoms with Crippen LogP contribution in [0.3, 0.4) is 0 Å². The van der Waals surface area contributed by atoms with Gasteiger partial charge in [-0.1, -0.05) is 66.7 Å². The highest BCUT2D eigenvalue weighted by molar-refractivity contribution is 5.99. The van der Waals surface area contributed by atoms with Crippen LogP contribution >= 0.6 is 0 Å². The maximum atomic E-state index is 10.2. The second kappa shape index (κ2) is 4.86. The summed E-state index contributed by atoms with van der Waals surface area (Å²) in [7, 11) is 0. The Labute approximate surface area is 118 Å². The standard InChI is InChI=1S/C19H16O/c1-13-7-9-15(10-8-13)14(2)19-17-6-4-3-5-16(17)11-12-18(19)20/h3-12,20H,2H2,1H3. The number of aryl methyl sites for hydroxylation is 1. The van der Waals surface area contributed by atoms with E-state index in [0.717, 1.165) is 27.5 Å². The molecule has 3 aromatic rings. The monoisotopic (exact) mass is 260 g/mol. The summed E-state index contributed by atoms with van der Waals surface area (Å²) in [6, 6.07) is 19.9. The van der Waals surface area contributed by atoms with Crippen LogP contribution in [0.15, 0.2) is 67.2 Å². The first-order valence-electron chi connectivity index (χ1n) is 6.64. The quantitative estimate of drug-likeness (QED) is 0.693. The van der Waals surface area contributed by atoms with Crippen molar-refractivity contribution in [2.45, 2.75) is 6.92 Å². The van der Waals surface area contributed by atoms with Gasteiger partial charge in [0.25, 0.3) is 0 Å². The summed E-state index contributed by atoms with van der Waals surface area (Å²) in [5, 5.41) is 12.4. The number of benzene rings is 3. The third-order valence-corrected chi connectivity index (χ3v) is 3.61. The van der Waals surface area contributed by atoms with Crippen molar-refractivity contribution in [2.75, 3.05) is 0 Å². The zero-order valence-electron chi connectivity index (χ0n) is 11.4. The van der Waals surface area contributed by atoms with Gasteiger partial charge in [0.05, 0.1) is 0 Å². The fraction of sp³-hybridized carbons (Fsp3) is 0.0526. The molecule has 1 heteroatoms. The maximum Gasteiger partial charge on any atom is 0.124 e. The summed E-state index contributed by atoms with van der Waals surface area (Å²) < 4.78 is 0. The predicted molar refractivity (Wildman–Crippen MR) is 84.9 cm³/mol. The van der Waals surface area contributed by atoms with Crippen LogP contribution < -0.4 is 0 Å². The summed E-state index contributed by atoms with van der Waals surface area (Å²) in [5.41, 5.74) is 3.90. The summed E-state index contributed by atoms with van der Waals surface area (Å²) >= 11 is 0. The molecular formula is C19H16O. The molecule has 0 fully saturated rings. The molecule has 3 aromatic carbocycles. The van der Waals surface area contributed by atoms with E-state index in [9.17, 15) is 5.11 Å². The van der Waals surface area contributed by atoms with Gasteiger partial charge in [-0.3, -0.25) is 0 Å². The Bertz CT molecular complexity index is 782. The van der Waals surface area contributed by atoms with Crippen molar-refractivity contribution in [3.8, 4) is 5.75 Å². The predicted octanol–water partition coefficient (Wildman–Crippen LogP) is 4.92. The Balaban J connectivity index is 2.21. The van der Waals surface area contributed by atoms with Crippen molar-refractivity contribution < 1.29 is 5.11 Å². The van der Waals surface area contributed by atoms with E-state index in [1.54, 1.807) is 6.07 Å². The van der Waals surface area contributed by atoms with Gasteiger partial charge in [-0.05, 0) is 34.9 Å². The molecule has 20 heavy (non-hydrogen) atoms. The average molecular weight is 260 g/mol. The molecular weight excluding hydrogens is 244 g/mol. The largest absolute Gasteiger partial charge is 0.507 e. The zero-order valence-corrected chi connectivity index (χ0v) is 11.4. The minimum Gasteiger partial charge on any atom is -0.507 e. The van der Waals surface area contributed by atoms with Crippen LogP contribution in [-0.4, -0.2) is 5.11 Å². The molecule has 1 N–H and O–H groups in total. The van der Waals surface area contributed by atoms with Crippen molar-refractivity contribution in [1.29, 1.82) is 0 Å². The second-order valence-corrected chi connectivity index (χ2v) is 5.03. The van der Waals surface area contributed by atoms with Gasteiger partial charge in [-0.2, -0.15) is 0 Å². The Morgan fingerprint density at radius 3 is 2.35 bits per heavy atom. The van der Waals surface area contributed by atoms with E-state index in [1.165, 1.54) is 5.56 Å². The Hall–Kier alpha value is -2.54. The van der Waals surface area contributed by atoms with E-state index < -0.39 is 0 Å². The summed E-state index contributed by atoms with van der Waals surface area (Å²) in [5.74, 6) is 0.272. The van der Waals surface area contributed by atoms with Crippen molar-refractivity contribution in [3.63, 3.8) is 0 Å². The number of hydrogen-bond donors (Lipinski definition) is 1. The molecule has 98 valence electrons. The number of aromatic hydroxyl groups is 1. The van der Waals surface area contributed by atoms with Gasteiger partial charge in [0.15, 0.2) is 0 Å². The molecule has 3 rings (SSSR count). The fourth-order valence-electron chi connectivity index (χ4n) is 2.48. The van der Waals surface area contributed by atoms with E-state index in [2.05, 4.69) is 25.6 Å². The molecule has 0 aliphatic rings. The lowest BCUT2D eigenvalue weighted by molar-refractivity contribution is 0.474. The Morgan fingerprint density at radius 2 is 1.60 bits per heavy atom. The third-order valence-electron chi connectivity index (χ3n) is 3.61. The maximum absolute atomic E-state index is 10.2. The molecule has 0 saturated carbocycles. The third kappa shape index (κ3) is 2.08. The fourth-order valence-corrected chi connectivity index (χ4v) is 2.48. The number of phenols is 1. The first kappa shape index (κ1) is 12.5. The normalized spacial score (nSPS) is 10.7. The number of fused-ring (bicyclic) bond motifs is 1. The van der Waals surface area contributed by atoms with Crippen LogP contribution in [0.4, 0.5) is 0 Å². The molecule has 0 spiro atoms. The SMILES string of the molecule is C=C(c1ccc(C)cc1)c1c(O)ccc2ccccc12. The van der Waals surface area contributed by atoms with Gasteiger partial charge in [0.2, 0.25) is 0 Å². The van der Waals surface area contributed by atoms with Gasteiger partial charge >= 0.3 is 0 Å². The minimum absolute atomic E-state index is 0.272. The highest BCUT2D eigenvalue weighted by Gasteiger charge is 2.11. The minimum atomic E-state index is 0.272. The first-order valence-corrected chi connectivity index (χ1v) is 6.64. The lowest BCUT2D eigenvalue weighted by atomic mass is 9.93. The summed E-state index contributed by atoms with van der Waals surface area (Å²) in [6.07, 6.45) is 0. The van der Waals surface area contributed by atoms with Crippen molar-refractivity contribution in [1.82, 2.24) is 0 Å². The molecule has 0 aliphatic heterocycles. The van der Waals surface area contributed by atoms with Crippen molar-refractivity contribution in [2.24, 2.45) is 0 Å². The van der Waals surface area contributed by atoms with Crippen LogP contribution in [0.5, 0.6) is 5.75 Å². The highest BCUT2D eigenvalue weighted by Crippen LogP contribution is 2.35. The van der Waals surface area contributed by atoms with E-state index in [4.69, 9.17) is 0 Å². The lowest BCUT2D eigenvalue weighted by Crippen LogP contribution is -1.90. The van der Waals surface area contributed by atoms with Gasteiger partial charge in [-0.25, -0.2) is 0 Å². The van der Waals surface area contributed by atoms with Gasteiger partial charge in [-0.15, -0.1) is 0 Å². The molecule has 0 saturated heterocycles.